The first-order valence-electron chi connectivity index (χ1n) is 9.18. The number of aryl methyl sites for hydroxylation is 1. The maximum Gasteiger partial charge on any atom is 0.416 e. The summed E-state index contributed by atoms with van der Waals surface area (Å²) in [5, 5.41) is 13.2. The Balaban J connectivity index is 1.34. The number of thiazole rings is 1. The van der Waals surface area contributed by atoms with E-state index in [1.807, 2.05) is 17.5 Å². The van der Waals surface area contributed by atoms with E-state index in [1.54, 1.807) is 18.3 Å². The summed E-state index contributed by atoms with van der Waals surface area (Å²) >= 11 is 1.53. The third-order valence-corrected chi connectivity index (χ3v) is 5.14. The largest absolute Gasteiger partial charge is 0.421 e. The van der Waals surface area contributed by atoms with Crippen molar-refractivity contribution in [2.24, 2.45) is 0 Å². The zero-order valence-corrected chi connectivity index (χ0v) is 16.7. The van der Waals surface area contributed by atoms with Gasteiger partial charge in [-0.1, -0.05) is 6.07 Å². The number of nitrogens with one attached hydrogen (secondary N) is 1. The van der Waals surface area contributed by atoms with Crippen LogP contribution in [0.2, 0.25) is 0 Å². The second kappa shape index (κ2) is 8.68. The van der Waals surface area contributed by atoms with E-state index < -0.39 is 11.7 Å². The Bertz CT molecular complexity index is 1170. The minimum atomic E-state index is -4.46. The van der Waals surface area contributed by atoms with Crippen LogP contribution in [0.3, 0.4) is 0 Å². The quantitative estimate of drug-likeness (QED) is 0.428. The zero-order chi connectivity index (χ0) is 21.8. The van der Waals surface area contributed by atoms with E-state index in [2.05, 4.69) is 20.5 Å². The number of nitrogens with zero attached hydrogens (tertiary/aromatic N) is 3. The third-order valence-electron chi connectivity index (χ3n) is 4.32. The molecule has 0 saturated heterocycles. The average Bonchev–Trinajstić information content (AvgIpc) is 3.45. The second-order valence-electron chi connectivity index (χ2n) is 6.54. The topological polar surface area (TPSA) is 80.9 Å². The fourth-order valence-corrected chi connectivity index (χ4v) is 3.45. The lowest BCUT2D eigenvalue weighted by Crippen LogP contribution is -2.12. The van der Waals surface area contributed by atoms with Crippen molar-refractivity contribution in [2.45, 2.75) is 19.0 Å². The number of aromatic nitrogens is 3. The predicted octanol–water partition coefficient (Wildman–Crippen LogP) is 5.45. The van der Waals surface area contributed by atoms with Crippen LogP contribution >= 0.6 is 11.3 Å². The third kappa shape index (κ3) is 5.15. The Morgan fingerprint density at radius 1 is 1.06 bits per heavy atom. The highest BCUT2D eigenvalue weighted by Crippen LogP contribution is 2.32. The molecular formula is C21H15F3N4O2S. The van der Waals surface area contributed by atoms with Crippen molar-refractivity contribution in [3.8, 4) is 22.0 Å². The fourth-order valence-electron chi connectivity index (χ4n) is 2.81. The van der Waals surface area contributed by atoms with Gasteiger partial charge >= 0.3 is 6.18 Å². The standard InChI is InChI=1S/C21H15F3N4O2S/c22-21(23,24)15-3-1-2-14(12-15)19-28-27-18(30-19)9-8-17(29)26-16-6-4-13(5-7-16)20-25-10-11-31-20/h1-7,10-12H,8-9H2,(H,26,29). The van der Waals surface area contributed by atoms with Crippen LogP contribution in [0.4, 0.5) is 18.9 Å². The van der Waals surface area contributed by atoms with Crippen LogP contribution in [0.15, 0.2) is 64.5 Å². The zero-order valence-electron chi connectivity index (χ0n) is 15.9. The second-order valence-corrected chi connectivity index (χ2v) is 7.44. The molecule has 6 nitrogen and oxygen atoms in total. The summed E-state index contributed by atoms with van der Waals surface area (Å²) < 4.78 is 44.0. The number of halogens is 3. The molecular weight excluding hydrogens is 429 g/mol. The van der Waals surface area contributed by atoms with E-state index in [9.17, 15) is 18.0 Å². The summed E-state index contributed by atoms with van der Waals surface area (Å²) in [4.78, 5) is 16.4. The summed E-state index contributed by atoms with van der Waals surface area (Å²) in [6, 6.07) is 11.9. The van der Waals surface area contributed by atoms with Gasteiger partial charge < -0.3 is 9.73 Å². The fraction of sp³-hybridized carbons (Fsp3) is 0.143. The minimum absolute atomic E-state index is 0.0284. The maximum absolute atomic E-state index is 12.9. The highest BCUT2D eigenvalue weighted by Gasteiger charge is 2.30. The van der Waals surface area contributed by atoms with E-state index >= 15 is 0 Å². The smallest absolute Gasteiger partial charge is 0.416 e. The summed E-state index contributed by atoms with van der Waals surface area (Å²) in [5.41, 5.74) is 0.963. The molecule has 31 heavy (non-hydrogen) atoms. The van der Waals surface area contributed by atoms with Gasteiger partial charge in [-0.25, -0.2) is 4.98 Å². The number of benzene rings is 2. The SMILES string of the molecule is O=C(CCc1nnc(-c2cccc(C(F)(F)F)c2)o1)Nc1ccc(-c2nccs2)cc1. The van der Waals surface area contributed by atoms with Crippen LogP contribution in [0.25, 0.3) is 22.0 Å². The minimum Gasteiger partial charge on any atom is -0.421 e. The molecule has 2 aromatic carbocycles. The molecule has 0 aliphatic carbocycles. The molecule has 4 rings (SSSR count). The Morgan fingerprint density at radius 3 is 2.58 bits per heavy atom. The number of hydrogen-bond acceptors (Lipinski definition) is 6. The first kappa shape index (κ1) is 20.7. The number of alkyl halides is 3. The molecule has 4 aromatic rings. The van der Waals surface area contributed by atoms with Crippen molar-refractivity contribution in [1.29, 1.82) is 0 Å². The molecule has 0 bridgehead atoms. The van der Waals surface area contributed by atoms with Crippen molar-refractivity contribution >= 4 is 22.9 Å². The molecule has 1 N–H and O–H groups in total. The number of amides is 1. The molecule has 0 unspecified atom stereocenters. The lowest BCUT2D eigenvalue weighted by Gasteiger charge is -2.06. The number of carbonyl (C=O) groups excluding carboxylic acids is 1. The Morgan fingerprint density at radius 2 is 1.87 bits per heavy atom. The van der Waals surface area contributed by atoms with Gasteiger partial charge in [-0.2, -0.15) is 13.2 Å². The van der Waals surface area contributed by atoms with Crippen LogP contribution in [-0.4, -0.2) is 21.1 Å². The maximum atomic E-state index is 12.9. The molecule has 2 heterocycles. The average molecular weight is 444 g/mol. The number of hydrogen-bond donors (Lipinski definition) is 1. The number of rotatable bonds is 6. The highest BCUT2D eigenvalue weighted by molar-refractivity contribution is 7.13. The highest BCUT2D eigenvalue weighted by atomic mass is 32.1. The van der Waals surface area contributed by atoms with E-state index in [1.165, 1.54) is 23.5 Å². The molecule has 0 aliphatic heterocycles. The van der Waals surface area contributed by atoms with Crippen LogP contribution < -0.4 is 5.32 Å². The van der Waals surface area contributed by atoms with Gasteiger partial charge in [0.2, 0.25) is 17.7 Å². The molecule has 0 atom stereocenters. The summed E-state index contributed by atoms with van der Waals surface area (Å²) in [6.07, 6.45) is -2.49. The van der Waals surface area contributed by atoms with Crippen molar-refractivity contribution < 1.29 is 22.4 Å². The molecule has 0 radical (unpaired) electrons. The summed E-state index contributed by atoms with van der Waals surface area (Å²) in [6.45, 7) is 0. The first-order chi connectivity index (χ1) is 14.9. The Hall–Kier alpha value is -3.53. The Kier molecular flexibility index (Phi) is 5.81. The molecule has 2 aromatic heterocycles. The molecule has 0 fully saturated rings. The number of anilines is 1. The van der Waals surface area contributed by atoms with Crippen LogP contribution in [0.5, 0.6) is 0 Å². The lowest BCUT2D eigenvalue weighted by molar-refractivity contribution is -0.137. The summed E-state index contributed by atoms with van der Waals surface area (Å²) in [5.74, 6) is -0.109. The van der Waals surface area contributed by atoms with Gasteiger partial charge in [0.05, 0.1) is 5.56 Å². The van der Waals surface area contributed by atoms with Gasteiger partial charge in [0.25, 0.3) is 0 Å². The Labute approximate surface area is 178 Å². The van der Waals surface area contributed by atoms with Crippen molar-refractivity contribution in [3.63, 3.8) is 0 Å². The molecule has 1 amide bonds. The normalized spacial score (nSPS) is 11.5. The van der Waals surface area contributed by atoms with Crippen LogP contribution in [0, 0.1) is 0 Å². The monoisotopic (exact) mass is 444 g/mol. The van der Waals surface area contributed by atoms with Crippen molar-refractivity contribution in [2.75, 3.05) is 5.32 Å². The molecule has 158 valence electrons. The summed E-state index contributed by atoms with van der Waals surface area (Å²) in [7, 11) is 0. The first-order valence-corrected chi connectivity index (χ1v) is 10.1. The van der Waals surface area contributed by atoms with Gasteiger partial charge in [0.1, 0.15) is 5.01 Å². The van der Waals surface area contributed by atoms with Gasteiger partial charge in [-0.05, 0) is 42.5 Å². The van der Waals surface area contributed by atoms with E-state index in [-0.39, 0.29) is 36.1 Å². The molecule has 0 aliphatic rings. The van der Waals surface area contributed by atoms with Crippen LogP contribution in [-0.2, 0) is 17.4 Å². The molecule has 10 heteroatoms. The number of carbonyl (C=O) groups is 1. The van der Waals surface area contributed by atoms with E-state index in [0.29, 0.717) is 5.69 Å². The van der Waals surface area contributed by atoms with Gasteiger partial charge in [-0.15, -0.1) is 21.5 Å². The lowest BCUT2D eigenvalue weighted by atomic mass is 10.1. The van der Waals surface area contributed by atoms with Gasteiger partial charge in [0, 0.05) is 41.2 Å². The van der Waals surface area contributed by atoms with E-state index in [4.69, 9.17) is 4.42 Å². The van der Waals surface area contributed by atoms with E-state index in [0.717, 1.165) is 22.7 Å². The van der Waals surface area contributed by atoms with Crippen molar-refractivity contribution in [1.82, 2.24) is 15.2 Å². The van der Waals surface area contributed by atoms with Crippen molar-refractivity contribution in [3.05, 3.63) is 71.6 Å². The van der Waals surface area contributed by atoms with Gasteiger partial charge in [0.15, 0.2) is 0 Å². The molecule has 0 spiro atoms. The van der Waals surface area contributed by atoms with Crippen LogP contribution in [0.1, 0.15) is 17.9 Å². The van der Waals surface area contributed by atoms with Gasteiger partial charge in [-0.3, -0.25) is 4.79 Å². The predicted molar refractivity (Wildman–Crippen MR) is 109 cm³/mol. The molecule has 0 saturated carbocycles.